The van der Waals surface area contributed by atoms with E-state index in [1.807, 2.05) is 30.3 Å². The van der Waals surface area contributed by atoms with Crippen molar-refractivity contribution in [3.8, 4) is 5.75 Å². The van der Waals surface area contributed by atoms with E-state index in [1.54, 1.807) is 18.9 Å². The molecule has 0 amide bonds. The average Bonchev–Trinajstić information content (AvgIpc) is 2.49. The Morgan fingerprint density at radius 2 is 2.05 bits per heavy atom. The summed E-state index contributed by atoms with van der Waals surface area (Å²) in [6, 6.07) is 10.0. The van der Waals surface area contributed by atoms with Crippen LogP contribution in [0.5, 0.6) is 5.75 Å². The number of methoxy groups -OCH3 is 1. The van der Waals surface area contributed by atoms with Gasteiger partial charge in [0.05, 0.1) is 18.2 Å². The lowest BCUT2D eigenvalue weighted by Gasteiger charge is -2.06. The van der Waals surface area contributed by atoms with Crippen LogP contribution in [0.2, 0.25) is 0 Å². The van der Waals surface area contributed by atoms with Gasteiger partial charge in [0.2, 0.25) is 10.5 Å². The van der Waals surface area contributed by atoms with Gasteiger partial charge in [0.15, 0.2) is 0 Å². The molecule has 1 aromatic carbocycles. The maximum absolute atomic E-state index is 10.7. The lowest BCUT2D eigenvalue weighted by Crippen LogP contribution is -2.35. The van der Waals surface area contributed by atoms with E-state index in [-0.39, 0.29) is 5.75 Å². The van der Waals surface area contributed by atoms with Gasteiger partial charge in [-0.05, 0) is 31.5 Å². The minimum absolute atomic E-state index is 0.198. The number of hydrogen-bond donors (Lipinski definition) is 1. The number of ether oxygens (including phenoxy) is 1. The van der Waals surface area contributed by atoms with Gasteiger partial charge in [0.25, 0.3) is 10.1 Å². The predicted octanol–water partition coefficient (Wildman–Crippen LogP) is 2.53. The number of pyridine rings is 1. The van der Waals surface area contributed by atoms with E-state index in [0.29, 0.717) is 12.2 Å². The zero-order valence-corrected chi connectivity index (χ0v) is 14.3. The molecule has 0 atom stereocenters. The number of fused-ring (bicyclic) bond motifs is 1. The van der Waals surface area contributed by atoms with Crippen LogP contribution in [0.25, 0.3) is 10.9 Å². The number of benzene rings is 1. The first kappa shape index (κ1) is 17.1. The normalized spacial score (nSPS) is 11.8. The van der Waals surface area contributed by atoms with Gasteiger partial charge in [-0.2, -0.15) is 13.0 Å². The first-order valence-electron chi connectivity index (χ1n) is 7.03. The third-order valence-corrected chi connectivity index (χ3v) is 5.26. The van der Waals surface area contributed by atoms with Gasteiger partial charge in [-0.3, -0.25) is 4.55 Å². The number of thioether (sulfide) groups is 1. The van der Waals surface area contributed by atoms with E-state index < -0.39 is 10.1 Å². The Kier molecular flexibility index (Phi) is 5.66. The SMILES string of the molecule is CC[n+]1c(SCCCS(=O)(=O)O)ccc2cc(OC)ccc21. The molecule has 1 aromatic heterocycles. The van der Waals surface area contributed by atoms with Crippen LogP contribution in [0.4, 0.5) is 0 Å². The largest absolute Gasteiger partial charge is 0.497 e. The van der Waals surface area contributed by atoms with Crippen LogP contribution in [0, 0.1) is 0 Å². The predicted molar refractivity (Wildman–Crippen MR) is 88.1 cm³/mol. The van der Waals surface area contributed by atoms with Crippen LogP contribution in [0.1, 0.15) is 13.3 Å². The Morgan fingerprint density at radius 3 is 2.68 bits per heavy atom. The molecule has 0 fully saturated rings. The molecule has 22 heavy (non-hydrogen) atoms. The molecule has 120 valence electrons. The molecule has 0 aliphatic rings. The van der Waals surface area contributed by atoms with Gasteiger partial charge in [-0.1, -0.05) is 11.8 Å². The highest BCUT2D eigenvalue weighted by Gasteiger charge is 2.15. The molecule has 0 aliphatic heterocycles. The van der Waals surface area contributed by atoms with Crippen LogP contribution < -0.4 is 9.30 Å². The Bertz CT molecular complexity index is 759. The molecule has 0 aliphatic carbocycles. The second-order valence-electron chi connectivity index (χ2n) is 4.83. The van der Waals surface area contributed by atoms with Crippen LogP contribution in [0.3, 0.4) is 0 Å². The molecule has 5 nitrogen and oxygen atoms in total. The van der Waals surface area contributed by atoms with Crippen LogP contribution in [0.15, 0.2) is 35.4 Å². The monoisotopic (exact) mass is 342 g/mol. The van der Waals surface area contributed by atoms with E-state index in [9.17, 15) is 8.42 Å². The molecule has 0 saturated heterocycles. The van der Waals surface area contributed by atoms with E-state index in [0.717, 1.165) is 28.2 Å². The van der Waals surface area contributed by atoms with Crippen molar-refractivity contribution in [1.82, 2.24) is 0 Å². The lowest BCUT2D eigenvalue weighted by atomic mass is 10.2. The molecular formula is C15H20NO4S2+. The summed E-state index contributed by atoms with van der Waals surface area (Å²) in [5.74, 6) is 1.27. The fraction of sp³-hybridized carbons (Fsp3) is 0.400. The van der Waals surface area contributed by atoms with Crippen molar-refractivity contribution < 1.29 is 22.3 Å². The number of hydrogen-bond acceptors (Lipinski definition) is 4. The molecule has 2 rings (SSSR count). The fourth-order valence-corrected chi connectivity index (χ4v) is 4.02. The molecule has 0 spiro atoms. The first-order chi connectivity index (χ1) is 10.4. The van der Waals surface area contributed by atoms with Crippen molar-refractivity contribution in [3.63, 3.8) is 0 Å². The summed E-state index contributed by atoms with van der Waals surface area (Å²) in [7, 11) is -2.22. The Balaban J connectivity index is 2.19. The standard InChI is InChI=1S/C15H19NO4S2/c1-3-16-14-7-6-13(20-2)11-12(14)5-8-15(16)21-9-4-10-22(17,18)19/h5-8,11H,3-4,9-10H2,1-2H3/p+1. The Labute approximate surface area is 135 Å². The van der Waals surface area contributed by atoms with Crippen LogP contribution >= 0.6 is 11.8 Å². The molecule has 1 heterocycles. The highest BCUT2D eigenvalue weighted by molar-refractivity contribution is 7.99. The number of nitrogens with zero attached hydrogens (tertiary/aromatic N) is 1. The minimum atomic E-state index is -3.87. The summed E-state index contributed by atoms with van der Waals surface area (Å²) in [6.45, 7) is 2.90. The van der Waals surface area contributed by atoms with Gasteiger partial charge >= 0.3 is 0 Å². The Morgan fingerprint density at radius 1 is 1.27 bits per heavy atom. The molecule has 0 saturated carbocycles. The van der Waals surface area contributed by atoms with Gasteiger partial charge in [-0.25, -0.2) is 0 Å². The summed E-state index contributed by atoms with van der Waals surface area (Å²) in [4.78, 5) is 0. The van der Waals surface area contributed by atoms with E-state index in [1.165, 1.54) is 0 Å². The maximum atomic E-state index is 10.7. The second kappa shape index (κ2) is 7.30. The summed E-state index contributed by atoms with van der Waals surface area (Å²) in [6.07, 6.45) is 0.424. The maximum Gasteiger partial charge on any atom is 0.264 e. The van der Waals surface area contributed by atoms with Crippen molar-refractivity contribution >= 4 is 32.8 Å². The van der Waals surface area contributed by atoms with E-state index in [2.05, 4.69) is 11.5 Å². The van der Waals surface area contributed by atoms with Crippen molar-refractivity contribution in [2.24, 2.45) is 0 Å². The number of rotatable bonds is 7. The van der Waals surface area contributed by atoms with E-state index >= 15 is 0 Å². The van der Waals surface area contributed by atoms with Gasteiger partial charge in [-0.15, -0.1) is 0 Å². The molecule has 2 aromatic rings. The third-order valence-electron chi connectivity index (χ3n) is 3.31. The summed E-state index contributed by atoms with van der Waals surface area (Å²) in [5.41, 5.74) is 1.11. The zero-order valence-electron chi connectivity index (χ0n) is 12.7. The highest BCUT2D eigenvalue weighted by atomic mass is 32.2. The molecular weight excluding hydrogens is 322 g/mol. The average molecular weight is 342 g/mol. The molecule has 1 N–H and O–H groups in total. The van der Waals surface area contributed by atoms with Crippen molar-refractivity contribution in [2.75, 3.05) is 18.6 Å². The highest BCUT2D eigenvalue weighted by Crippen LogP contribution is 2.22. The molecule has 0 radical (unpaired) electrons. The second-order valence-corrected chi connectivity index (χ2v) is 7.52. The third kappa shape index (κ3) is 4.34. The smallest absolute Gasteiger partial charge is 0.264 e. The van der Waals surface area contributed by atoms with Crippen LogP contribution in [-0.4, -0.2) is 31.6 Å². The zero-order chi connectivity index (χ0) is 16.2. The quantitative estimate of drug-likeness (QED) is 0.362. The number of aryl methyl sites for hydroxylation is 1. The van der Waals surface area contributed by atoms with Crippen molar-refractivity contribution in [3.05, 3.63) is 30.3 Å². The molecule has 7 heteroatoms. The topological polar surface area (TPSA) is 67.5 Å². The minimum Gasteiger partial charge on any atom is -0.497 e. The Hall–Kier alpha value is -1.31. The van der Waals surface area contributed by atoms with Gasteiger partial charge in [0.1, 0.15) is 12.3 Å². The summed E-state index contributed by atoms with van der Waals surface area (Å²) < 4.78 is 37.6. The first-order valence-corrected chi connectivity index (χ1v) is 9.62. The van der Waals surface area contributed by atoms with Crippen LogP contribution in [-0.2, 0) is 16.7 Å². The van der Waals surface area contributed by atoms with Crippen molar-refractivity contribution in [2.45, 2.75) is 24.9 Å². The lowest BCUT2D eigenvalue weighted by molar-refractivity contribution is -0.704. The fourth-order valence-electron chi connectivity index (χ4n) is 2.28. The van der Waals surface area contributed by atoms with Crippen molar-refractivity contribution in [1.29, 1.82) is 0 Å². The summed E-state index contributed by atoms with van der Waals surface area (Å²) in [5, 5.41) is 2.18. The molecule has 0 unspecified atom stereocenters. The van der Waals surface area contributed by atoms with E-state index in [4.69, 9.17) is 9.29 Å². The van der Waals surface area contributed by atoms with Gasteiger partial charge in [0, 0.05) is 17.9 Å². The number of aromatic nitrogens is 1. The van der Waals surface area contributed by atoms with Gasteiger partial charge < -0.3 is 4.74 Å². The summed E-state index contributed by atoms with van der Waals surface area (Å²) >= 11 is 1.59. The molecule has 0 bridgehead atoms.